The number of ether oxygens (including phenoxy) is 1. The van der Waals surface area contributed by atoms with Crippen LogP contribution in [0.3, 0.4) is 0 Å². The van der Waals surface area contributed by atoms with Gasteiger partial charge in [-0.05, 0) is 73.2 Å². The van der Waals surface area contributed by atoms with Crippen LogP contribution in [0.1, 0.15) is 27.2 Å². The first-order chi connectivity index (χ1) is 14.2. The Balaban J connectivity index is 1.65. The van der Waals surface area contributed by atoms with Crippen LogP contribution in [0.5, 0.6) is 5.75 Å². The molecule has 3 aliphatic rings. The van der Waals surface area contributed by atoms with Gasteiger partial charge in [-0.15, -0.1) is 0 Å². The van der Waals surface area contributed by atoms with E-state index in [1.54, 1.807) is 4.31 Å². The number of hydrogen-bond donors (Lipinski definition) is 0. The minimum atomic E-state index is -3.68. The van der Waals surface area contributed by atoms with Gasteiger partial charge < -0.3 is 9.64 Å². The molecule has 3 heterocycles. The lowest BCUT2D eigenvalue weighted by atomic mass is 9.73. The monoisotopic (exact) mass is 432 g/mol. The van der Waals surface area contributed by atoms with Crippen LogP contribution >= 0.6 is 0 Å². The zero-order chi connectivity index (χ0) is 21.5. The number of nitrogens with zero attached hydrogens (tertiary/aromatic N) is 2. The summed E-state index contributed by atoms with van der Waals surface area (Å²) in [6.07, 6.45) is 0.973. The second-order valence-electron chi connectivity index (χ2n) is 8.93. The van der Waals surface area contributed by atoms with Crippen molar-refractivity contribution >= 4 is 15.7 Å². The van der Waals surface area contributed by atoms with Crippen molar-refractivity contribution in [2.45, 2.75) is 38.1 Å². The number of anilines is 1. The molecule has 0 aromatic heterocycles. The van der Waals surface area contributed by atoms with Crippen LogP contribution in [0.25, 0.3) is 0 Å². The van der Waals surface area contributed by atoms with E-state index in [0.717, 1.165) is 24.4 Å². The molecule has 2 bridgehead atoms. The third-order valence-electron chi connectivity index (χ3n) is 6.32. The summed E-state index contributed by atoms with van der Waals surface area (Å²) in [6, 6.07) is 13.2. The Morgan fingerprint density at radius 2 is 1.70 bits per heavy atom. The van der Waals surface area contributed by atoms with E-state index < -0.39 is 15.8 Å². The summed E-state index contributed by atoms with van der Waals surface area (Å²) in [6.45, 7) is 8.73. The Hall–Kier alpha value is -2.12. The molecule has 0 N–H and O–H groups in total. The first kappa shape index (κ1) is 21.1. The number of halogens is 1. The molecular weight excluding hydrogens is 403 g/mol. The summed E-state index contributed by atoms with van der Waals surface area (Å²) in [5.74, 6) is 0.620. The zero-order valence-corrected chi connectivity index (χ0v) is 18.5. The van der Waals surface area contributed by atoms with Gasteiger partial charge in [-0.1, -0.05) is 13.8 Å². The lowest BCUT2D eigenvalue weighted by Gasteiger charge is -2.48. The number of rotatable bonds is 5. The maximum absolute atomic E-state index is 13.3. The molecule has 3 aliphatic heterocycles. The molecule has 162 valence electrons. The highest BCUT2D eigenvalue weighted by molar-refractivity contribution is 7.89. The Labute approximate surface area is 178 Å². The van der Waals surface area contributed by atoms with Gasteiger partial charge in [0.05, 0.1) is 11.5 Å². The van der Waals surface area contributed by atoms with Crippen LogP contribution in [-0.4, -0.2) is 45.0 Å². The van der Waals surface area contributed by atoms with Gasteiger partial charge in [0.15, 0.2) is 0 Å². The van der Waals surface area contributed by atoms with E-state index in [2.05, 4.69) is 30.9 Å². The van der Waals surface area contributed by atoms with E-state index in [1.165, 1.54) is 24.3 Å². The zero-order valence-electron chi connectivity index (χ0n) is 17.7. The minimum Gasteiger partial charge on any atom is -0.494 e. The number of benzene rings is 2. The Bertz CT molecular complexity index is 990. The third-order valence-corrected chi connectivity index (χ3v) is 8.16. The number of piperidine rings is 1. The van der Waals surface area contributed by atoms with E-state index >= 15 is 0 Å². The molecule has 0 aliphatic carbocycles. The molecule has 2 atom stereocenters. The molecule has 3 fully saturated rings. The fourth-order valence-corrected chi connectivity index (χ4v) is 6.46. The highest BCUT2D eigenvalue weighted by Gasteiger charge is 2.48. The van der Waals surface area contributed by atoms with E-state index in [9.17, 15) is 12.8 Å². The van der Waals surface area contributed by atoms with Crippen molar-refractivity contribution < 1.29 is 17.5 Å². The maximum atomic E-state index is 13.3. The first-order valence-electron chi connectivity index (χ1n) is 10.5. The Morgan fingerprint density at radius 1 is 1.03 bits per heavy atom. The van der Waals surface area contributed by atoms with Crippen molar-refractivity contribution in [3.63, 3.8) is 0 Å². The standard InChI is InChI=1S/C23H29FN2O3S/c1-4-29-20-9-7-19(8-10-20)26-15-17-13-23(2,3)22(26)16-25(14-17)30(27,28)21-11-5-18(24)6-12-21/h5-12,17,22H,4,13-16H2,1-3H3/t17?,22-/m1/s1. The Kier molecular flexibility index (Phi) is 5.53. The minimum absolute atomic E-state index is 0.0332. The highest BCUT2D eigenvalue weighted by Crippen LogP contribution is 2.44. The predicted molar refractivity (Wildman–Crippen MR) is 116 cm³/mol. The van der Waals surface area contributed by atoms with Crippen LogP contribution in [-0.2, 0) is 10.0 Å². The van der Waals surface area contributed by atoms with E-state index in [-0.39, 0.29) is 22.3 Å². The molecule has 5 rings (SSSR count). The summed E-state index contributed by atoms with van der Waals surface area (Å²) in [7, 11) is -3.68. The lowest BCUT2D eigenvalue weighted by molar-refractivity contribution is 0.192. The molecule has 0 spiro atoms. The van der Waals surface area contributed by atoms with Crippen molar-refractivity contribution in [2.24, 2.45) is 11.3 Å². The molecule has 2 aromatic carbocycles. The molecule has 1 unspecified atom stereocenters. The number of hydrogen-bond acceptors (Lipinski definition) is 4. The van der Waals surface area contributed by atoms with Crippen molar-refractivity contribution in [3.05, 3.63) is 54.3 Å². The SMILES string of the molecule is CCOc1ccc(N2CC3CN(S(=O)(=O)c4ccc(F)cc4)C[C@@H]2C(C)(C)C3)cc1. The predicted octanol–water partition coefficient (Wildman–Crippen LogP) is 4.15. The van der Waals surface area contributed by atoms with Gasteiger partial charge in [-0.3, -0.25) is 0 Å². The van der Waals surface area contributed by atoms with Gasteiger partial charge in [-0.2, -0.15) is 4.31 Å². The fraction of sp³-hybridized carbons (Fsp3) is 0.478. The van der Waals surface area contributed by atoms with E-state index in [4.69, 9.17) is 4.74 Å². The number of sulfonamides is 1. The lowest BCUT2D eigenvalue weighted by Crippen LogP contribution is -2.54. The van der Waals surface area contributed by atoms with Gasteiger partial charge in [0, 0.05) is 31.4 Å². The van der Waals surface area contributed by atoms with Crippen LogP contribution in [0.2, 0.25) is 0 Å². The van der Waals surface area contributed by atoms with Gasteiger partial charge in [0.1, 0.15) is 11.6 Å². The second kappa shape index (κ2) is 7.85. The highest BCUT2D eigenvalue weighted by atomic mass is 32.2. The molecule has 7 heteroatoms. The van der Waals surface area contributed by atoms with E-state index in [1.807, 2.05) is 19.1 Å². The summed E-state index contributed by atoms with van der Waals surface area (Å²) in [5.41, 5.74) is 1.05. The molecule has 2 aromatic rings. The smallest absolute Gasteiger partial charge is 0.243 e. The molecular formula is C23H29FN2O3S. The quantitative estimate of drug-likeness (QED) is 0.712. The number of fused-ring (bicyclic) bond motifs is 4. The summed E-state index contributed by atoms with van der Waals surface area (Å²) >= 11 is 0. The van der Waals surface area contributed by atoms with Gasteiger partial charge >= 0.3 is 0 Å². The van der Waals surface area contributed by atoms with Gasteiger partial charge in [0.2, 0.25) is 10.0 Å². The largest absolute Gasteiger partial charge is 0.494 e. The first-order valence-corrected chi connectivity index (χ1v) is 11.9. The van der Waals surface area contributed by atoms with Crippen LogP contribution in [0, 0.1) is 17.2 Å². The molecule has 5 nitrogen and oxygen atoms in total. The van der Waals surface area contributed by atoms with Crippen LogP contribution in [0.4, 0.5) is 10.1 Å². The molecule has 0 saturated carbocycles. The molecule has 30 heavy (non-hydrogen) atoms. The normalized spacial score (nSPS) is 23.9. The van der Waals surface area contributed by atoms with Gasteiger partial charge in [0.25, 0.3) is 0 Å². The fourth-order valence-electron chi connectivity index (χ4n) is 4.93. The molecule has 3 saturated heterocycles. The summed E-state index contributed by atoms with van der Waals surface area (Å²) in [5, 5.41) is 0. The third kappa shape index (κ3) is 3.93. The average molecular weight is 433 g/mol. The molecule has 0 radical (unpaired) electrons. The van der Waals surface area contributed by atoms with Gasteiger partial charge in [-0.25, -0.2) is 12.8 Å². The maximum Gasteiger partial charge on any atom is 0.243 e. The van der Waals surface area contributed by atoms with Crippen molar-refractivity contribution in [1.29, 1.82) is 0 Å². The van der Waals surface area contributed by atoms with E-state index in [0.29, 0.717) is 19.7 Å². The summed E-state index contributed by atoms with van der Waals surface area (Å²) in [4.78, 5) is 2.50. The van der Waals surface area contributed by atoms with Crippen molar-refractivity contribution in [2.75, 3.05) is 31.1 Å². The average Bonchev–Trinajstić information content (AvgIpc) is 2.97. The van der Waals surface area contributed by atoms with Crippen molar-refractivity contribution in [1.82, 2.24) is 4.31 Å². The molecule has 0 amide bonds. The Morgan fingerprint density at radius 3 is 2.33 bits per heavy atom. The second-order valence-corrected chi connectivity index (χ2v) is 10.9. The summed E-state index contributed by atoms with van der Waals surface area (Å²) < 4.78 is 47.1. The van der Waals surface area contributed by atoms with Crippen LogP contribution in [0.15, 0.2) is 53.4 Å². The van der Waals surface area contributed by atoms with Crippen LogP contribution < -0.4 is 9.64 Å². The van der Waals surface area contributed by atoms with Crippen molar-refractivity contribution in [3.8, 4) is 5.75 Å². The topological polar surface area (TPSA) is 49.9 Å².